The lowest BCUT2D eigenvalue weighted by molar-refractivity contribution is -0.112. The van der Waals surface area contributed by atoms with E-state index in [4.69, 9.17) is 14.6 Å². The quantitative estimate of drug-likeness (QED) is 0.187. The summed E-state index contributed by atoms with van der Waals surface area (Å²) in [5.41, 5.74) is 3.25. The standard InChI is InChI=1S/C27H23IN2O5/c1-3-34-24-14-19(12-21(15-29)26(31)30-22-10-4-17(2)5-11-22)13-23(28)25(24)35-16-18-6-8-20(9-7-18)27(32)33/h4-14H,3,16H2,1-2H3,(H,30,31)(H,32,33)/b21-12+. The smallest absolute Gasteiger partial charge is 0.335 e. The van der Waals surface area contributed by atoms with Crippen LogP contribution >= 0.6 is 22.6 Å². The van der Waals surface area contributed by atoms with E-state index in [0.29, 0.717) is 29.4 Å². The average molecular weight is 582 g/mol. The summed E-state index contributed by atoms with van der Waals surface area (Å²) in [5.74, 6) is -0.494. The summed E-state index contributed by atoms with van der Waals surface area (Å²) < 4.78 is 12.5. The van der Waals surface area contributed by atoms with Gasteiger partial charge in [-0.2, -0.15) is 5.26 Å². The van der Waals surface area contributed by atoms with Gasteiger partial charge in [0.25, 0.3) is 5.91 Å². The van der Waals surface area contributed by atoms with Crippen molar-refractivity contribution in [1.29, 1.82) is 5.26 Å². The number of aromatic carboxylic acids is 1. The molecule has 0 unspecified atom stereocenters. The van der Waals surface area contributed by atoms with E-state index in [1.807, 2.05) is 32.0 Å². The van der Waals surface area contributed by atoms with Crippen LogP contribution in [0.15, 0.2) is 66.2 Å². The molecule has 178 valence electrons. The summed E-state index contributed by atoms with van der Waals surface area (Å²) in [7, 11) is 0. The Hall–Kier alpha value is -3.84. The van der Waals surface area contributed by atoms with E-state index in [1.165, 1.54) is 18.2 Å². The molecule has 0 fully saturated rings. The summed E-state index contributed by atoms with van der Waals surface area (Å²) in [6, 6.07) is 19.2. The Labute approximate surface area is 217 Å². The van der Waals surface area contributed by atoms with Gasteiger partial charge in [-0.3, -0.25) is 4.79 Å². The highest BCUT2D eigenvalue weighted by molar-refractivity contribution is 14.1. The lowest BCUT2D eigenvalue weighted by Gasteiger charge is -2.15. The monoisotopic (exact) mass is 582 g/mol. The van der Waals surface area contributed by atoms with Crippen molar-refractivity contribution in [3.8, 4) is 17.6 Å². The van der Waals surface area contributed by atoms with Crippen molar-refractivity contribution >= 4 is 46.2 Å². The van der Waals surface area contributed by atoms with Crippen LogP contribution in [0.25, 0.3) is 6.08 Å². The van der Waals surface area contributed by atoms with E-state index in [9.17, 15) is 14.9 Å². The fourth-order valence-electron chi connectivity index (χ4n) is 3.12. The van der Waals surface area contributed by atoms with Gasteiger partial charge in [0.1, 0.15) is 18.2 Å². The van der Waals surface area contributed by atoms with Gasteiger partial charge in [-0.15, -0.1) is 0 Å². The normalized spacial score (nSPS) is 10.9. The summed E-state index contributed by atoms with van der Waals surface area (Å²) in [4.78, 5) is 23.7. The van der Waals surface area contributed by atoms with Gasteiger partial charge >= 0.3 is 5.97 Å². The molecule has 7 nitrogen and oxygen atoms in total. The molecule has 3 aromatic carbocycles. The molecule has 1 amide bonds. The van der Waals surface area contributed by atoms with Crippen molar-refractivity contribution in [2.75, 3.05) is 11.9 Å². The zero-order chi connectivity index (χ0) is 25.4. The van der Waals surface area contributed by atoms with Crippen molar-refractivity contribution in [2.24, 2.45) is 0 Å². The fourth-order valence-corrected chi connectivity index (χ4v) is 3.91. The minimum Gasteiger partial charge on any atom is -0.490 e. The second-order valence-electron chi connectivity index (χ2n) is 7.54. The van der Waals surface area contributed by atoms with Crippen molar-refractivity contribution < 1.29 is 24.2 Å². The number of carbonyl (C=O) groups excluding carboxylic acids is 1. The molecule has 3 aromatic rings. The molecule has 0 atom stereocenters. The lowest BCUT2D eigenvalue weighted by Crippen LogP contribution is -2.13. The predicted octanol–water partition coefficient (Wildman–Crippen LogP) is 5.82. The Balaban J connectivity index is 1.81. The molecule has 3 rings (SSSR count). The molecular weight excluding hydrogens is 559 g/mol. The second kappa shape index (κ2) is 12.0. The molecule has 0 radical (unpaired) electrons. The van der Waals surface area contributed by atoms with E-state index in [2.05, 4.69) is 27.9 Å². The molecule has 8 heteroatoms. The highest BCUT2D eigenvalue weighted by Gasteiger charge is 2.15. The number of anilines is 1. The predicted molar refractivity (Wildman–Crippen MR) is 141 cm³/mol. The van der Waals surface area contributed by atoms with Crippen LogP contribution in [0.3, 0.4) is 0 Å². The minimum absolute atomic E-state index is 0.0454. The molecule has 0 aliphatic rings. The van der Waals surface area contributed by atoms with Gasteiger partial charge < -0.3 is 19.9 Å². The van der Waals surface area contributed by atoms with Crippen LogP contribution in [0.1, 0.15) is 34.0 Å². The molecule has 0 aromatic heterocycles. The van der Waals surface area contributed by atoms with Crippen LogP contribution in [0.2, 0.25) is 0 Å². The number of nitrogens with zero attached hydrogens (tertiary/aromatic N) is 1. The first-order valence-electron chi connectivity index (χ1n) is 10.7. The number of carboxylic acid groups (broad SMARTS) is 1. The van der Waals surface area contributed by atoms with Gasteiger partial charge in [0, 0.05) is 5.69 Å². The van der Waals surface area contributed by atoms with Crippen LogP contribution in [0.4, 0.5) is 5.69 Å². The highest BCUT2D eigenvalue weighted by Crippen LogP contribution is 2.35. The molecule has 0 aliphatic heterocycles. The summed E-state index contributed by atoms with van der Waals surface area (Å²) in [6.07, 6.45) is 1.50. The topological polar surface area (TPSA) is 109 Å². The zero-order valence-electron chi connectivity index (χ0n) is 19.2. The summed E-state index contributed by atoms with van der Waals surface area (Å²) in [6.45, 7) is 4.41. The van der Waals surface area contributed by atoms with Crippen molar-refractivity contribution in [1.82, 2.24) is 0 Å². The maximum Gasteiger partial charge on any atom is 0.335 e. The number of nitrogens with one attached hydrogen (secondary N) is 1. The van der Waals surface area contributed by atoms with Crippen LogP contribution in [-0.4, -0.2) is 23.6 Å². The Morgan fingerprint density at radius 3 is 2.37 bits per heavy atom. The summed E-state index contributed by atoms with van der Waals surface area (Å²) >= 11 is 2.11. The molecule has 2 N–H and O–H groups in total. The van der Waals surface area contributed by atoms with Gasteiger partial charge in [0.2, 0.25) is 0 Å². The number of hydrogen-bond donors (Lipinski definition) is 2. The Kier molecular flexibility index (Phi) is 8.86. The molecule has 35 heavy (non-hydrogen) atoms. The van der Waals surface area contributed by atoms with Gasteiger partial charge in [0.05, 0.1) is 15.7 Å². The number of rotatable bonds is 9. The van der Waals surface area contributed by atoms with Gasteiger partial charge in [0.15, 0.2) is 11.5 Å². The van der Waals surface area contributed by atoms with E-state index >= 15 is 0 Å². The second-order valence-corrected chi connectivity index (χ2v) is 8.71. The van der Waals surface area contributed by atoms with Crippen molar-refractivity contribution in [2.45, 2.75) is 20.5 Å². The van der Waals surface area contributed by atoms with E-state index in [0.717, 1.165) is 14.7 Å². The van der Waals surface area contributed by atoms with Crippen LogP contribution in [0.5, 0.6) is 11.5 Å². The maximum atomic E-state index is 12.6. The van der Waals surface area contributed by atoms with E-state index in [1.54, 1.807) is 36.4 Å². The van der Waals surface area contributed by atoms with Gasteiger partial charge in [-0.05, 0) is 90.0 Å². The molecule has 0 spiro atoms. The molecule has 0 saturated carbocycles. The van der Waals surface area contributed by atoms with Crippen molar-refractivity contribution in [3.63, 3.8) is 0 Å². The number of carboxylic acids is 1. The largest absolute Gasteiger partial charge is 0.490 e. The highest BCUT2D eigenvalue weighted by atomic mass is 127. The number of amides is 1. The Morgan fingerprint density at radius 2 is 1.77 bits per heavy atom. The fraction of sp³-hybridized carbons (Fsp3) is 0.148. The van der Waals surface area contributed by atoms with E-state index in [-0.39, 0.29) is 17.7 Å². The third-order valence-electron chi connectivity index (χ3n) is 4.90. The third kappa shape index (κ3) is 7.07. The first kappa shape index (κ1) is 25.8. The number of ether oxygens (including phenoxy) is 2. The number of carbonyl (C=O) groups is 2. The van der Waals surface area contributed by atoms with E-state index < -0.39 is 11.9 Å². The number of aryl methyl sites for hydroxylation is 1. The first-order chi connectivity index (χ1) is 16.8. The molecule has 0 aliphatic carbocycles. The number of hydrogen-bond acceptors (Lipinski definition) is 5. The minimum atomic E-state index is -0.987. The van der Waals surface area contributed by atoms with Crippen LogP contribution < -0.4 is 14.8 Å². The molecule has 0 saturated heterocycles. The number of halogens is 1. The van der Waals surface area contributed by atoms with Gasteiger partial charge in [-0.1, -0.05) is 29.8 Å². The molecule has 0 bridgehead atoms. The van der Waals surface area contributed by atoms with Gasteiger partial charge in [-0.25, -0.2) is 4.79 Å². The lowest BCUT2D eigenvalue weighted by atomic mass is 10.1. The van der Waals surface area contributed by atoms with Crippen LogP contribution in [-0.2, 0) is 11.4 Å². The number of nitriles is 1. The first-order valence-corrected chi connectivity index (χ1v) is 11.8. The Bertz CT molecular complexity index is 1290. The van der Waals surface area contributed by atoms with Crippen LogP contribution in [0, 0.1) is 21.8 Å². The average Bonchev–Trinajstić information content (AvgIpc) is 2.83. The van der Waals surface area contributed by atoms with Crippen molar-refractivity contribution in [3.05, 3.63) is 92.1 Å². The summed E-state index contributed by atoms with van der Waals surface area (Å²) in [5, 5.41) is 21.3. The Morgan fingerprint density at radius 1 is 1.09 bits per heavy atom. The molecular formula is C27H23IN2O5. The number of benzene rings is 3. The SMILES string of the molecule is CCOc1cc(/C=C(\C#N)C(=O)Nc2ccc(C)cc2)cc(I)c1OCc1ccc(C(=O)O)cc1. The molecule has 0 heterocycles. The third-order valence-corrected chi connectivity index (χ3v) is 5.70. The zero-order valence-corrected chi connectivity index (χ0v) is 21.3. The maximum absolute atomic E-state index is 12.6.